The molecule has 0 bridgehead atoms. The molecule has 0 aliphatic heterocycles. The second-order valence-corrected chi connectivity index (χ2v) is 2.80. The second kappa shape index (κ2) is 4.60. The average molecular weight is 178 g/mol. The molecular weight excluding hydrogens is 164 g/mol. The third kappa shape index (κ3) is 2.54. The first-order valence-corrected chi connectivity index (χ1v) is 4.36. The topological polar surface area (TPSA) is 46.0 Å². The van der Waals surface area contributed by atoms with Gasteiger partial charge in [-0.3, -0.25) is 5.41 Å². The van der Waals surface area contributed by atoms with Gasteiger partial charge in [-0.25, -0.2) is 4.98 Å². The quantitative estimate of drug-likeness (QED) is 0.568. The number of aromatic nitrogens is 1. The molecule has 0 aromatic carbocycles. The molecule has 13 heavy (non-hydrogen) atoms. The van der Waals surface area contributed by atoms with Gasteiger partial charge in [0.25, 0.3) is 0 Å². The monoisotopic (exact) mass is 178 g/mol. The van der Waals surface area contributed by atoms with Gasteiger partial charge >= 0.3 is 0 Å². The van der Waals surface area contributed by atoms with E-state index in [0.29, 0.717) is 5.69 Å². The maximum atomic E-state index is 7.42. The lowest BCUT2D eigenvalue weighted by atomic mass is 10.2. The van der Waals surface area contributed by atoms with Crippen molar-refractivity contribution in [1.29, 1.82) is 5.41 Å². The zero-order chi connectivity index (χ0) is 9.68. The Morgan fingerprint density at radius 3 is 2.92 bits per heavy atom. The Balaban J connectivity index is 2.85. The highest BCUT2D eigenvalue weighted by Crippen LogP contribution is 2.03. The van der Waals surface area contributed by atoms with Crippen molar-refractivity contribution in [2.24, 2.45) is 0 Å². The van der Waals surface area contributed by atoms with E-state index in [9.17, 15) is 0 Å². The first kappa shape index (κ1) is 9.71. The molecule has 1 rings (SSSR count). The van der Waals surface area contributed by atoms with Crippen molar-refractivity contribution in [3.63, 3.8) is 0 Å². The Labute approximate surface area is 78.3 Å². The number of pyridine rings is 1. The van der Waals surface area contributed by atoms with Crippen LogP contribution >= 0.6 is 0 Å². The van der Waals surface area contributed by atoms with Gasteiger partial charge in [-0.2, -0.15) is 0 Å². The third-order valence-electron chi connectivity index (χ3n) is 1.75. The highest BCUT2D eigenvalue weighted by Gasteiger charge is 2.02. The van der Waals surface area contributed by atoms with E-state index < -0.39 is 0 Å². The Morgan fingerprint density at radius 1 is 1.54 bits per heavy atom. The van der Waals surface area contributed by atoms with Crippen molar-refractivity contribution < 1.29 is 4.74 Å². The van der Waals surface area contributed by atoms with E-state index in [1.54, 1.807) is 6.07 Å². The molecule has 0 aliphatic carbocycles. The molecule has 3 nitrogen and oxygen atoms in total. The molecule has 0 atom stereocenters. The van der Waals surface area contributed by atoms with Crippen LogP contribution in [0.3, 0.4) is 0 Å². The SMILES string of the molecule is CCCc1cccc(C(=N)OC)n1. The summed E-state index contributed by atoms with van der Waals surface area (Å²) in [6.45, 7) is 2.11. The van der Waals surface area contributed by atoms with Crippen molar-refractivity contribution in [3.8, 4) is 0 Å². The molecule has 0 unspecified atom stereocenters. The summed E-state index contributed by atoms with van der Waals surface area (Å²) in [7, 11) is 1.48. The summed E-state index contributed by atoms with van der Waals surface area (Å²) >= 11 is 0. The highest BCUT2D eigenvalue weighted by molar-refractivity contribution is 5.89. The van der Waals surface area contributed by atoms with Gasteiger partial charge < -0.3 is 4.74 Å². The summed E-state index contributed by atoms with van der Waals surface area (Å²) < 4.78 is 4.79. The lowest BCUT2D eigenvalue weighted by Crippen LogP contribution is -2.05. The van der Waals surface area contributed by atoms with E-state index in [0.717, 1.165) is 18.5 Å². The van der Waals surface area contributed by atoms with E-state index in [4.69, 9.17) is 10.1 Å². The minimum absolute atomic E-state index is 0.123. The Hall–Kier alpha value is -1.38. The largest absolute Gasteiger partial charge is 0.480 e. The van der Waals surface area contributed by atoms with Gasteiger partial charge in [0.1, 0.15) is 5.69 Å². The average Bonchev–Trinajstić information content (AvgIpc) is 2.18. The molecule has 0 radical (unpaired) electrons. The predicted octanol–water partition coefficient (Wildman–Crippen LogP) is 2.01. The Bertz CT molecular complexity index is 297. The molecule has 3 heteroatoms. The molecule has 1 heterocycles. The minimum Gasteiger partial charge on any atom is -0.480 e. The van der Waals surface area contributed by atoms with Crippen LogP contribution in [0.2, 0.25) is 0 Å². The molecule has 0 fully saturated rings. The van der Waals surface area contributed by atoms with Crippen LogP contribution in [0.25, 0.3) is 0 Å². The van der Waals surface area contributed by atoms with Crippen LogP contribution in [0.1, 0.15) is 24.7 Å². The fraction of sp³-hybridized carbons (Fsp3) is 0.400. The fourth-order valence-electron chi connectivity index (χ4n) is 1.11. The van der Waals surface area contributed by atoms with Gasteiger partial charge in [-0.1, -0.05) is 19.4 Å². The molecular formula is C10H14N2O. The predicted molar refractivity (Wildman–Crippen MR) is 52.1 cm³/mol. The van der Waals surface area contributed by atoms with Crippen LogP contribution in [0.4, 0.5) is 0 Å². The Kier molecular flexibility index (Phi) is 3.43. The van der Waals surface area contributed by atoms with Crippen LogP contribution in [-0.2, 0) is 11.2 Å². The summed E-state index contributed by atoms with van der Waals surface area (Å²) in [6, 6.07) is 5.65. The molecule has 0 saturated carbocycles. The van der Waals surface area contributed by atoms with Gasteiger partial charge in [-0.05, 0) is 18.6 Å². The van der Waals surface area contributed by atoms with E-state index >= 15 is 0 Å². The van der Waals surface area contributed by atoms with Crippen LogP contribution in [0.15, 0.2) is 18.2 Å². The van der Waals surface area contributed by atoms with E-state index in [1.165, 1.54) is 7.11 Å². The Morgan fingerprint density at radius 2 is 2.31 bits per heavy atom. The molecule has 0 spiro atoms. The van der Waals surface area contributed by atoms with Gasteiger partial charge in [0.05, 0.1) is 7.11 Å². The summed E-state index contributed by atoms with van der Waals surface area (Å²) in [4.78, 5) is 4.28. The van der Waals surface area contributed by atoms with E-state index in [-0.39, 0.29) is 5.90 Å². The smallest absolute Gasteiger partial charge is 0.232 e. The molecule has 1 aromatic heterocycles. The van der Waals surface area contributed by atoms with Crippen LogP contribution < -0.4 is 0 Å². The summed E-state index contributed by atoms with van der Waals surface area (Å²) in [5.41, 5.74) is 1.62. The summed E-state index contributed by atoms with van der Waals surface area (Å²) in [5.74, 6) is 0.123. The maximum Gasteiger partial charge on any atom is 0.232 e. The van der Waals surface area contributed by atoms with E-state index in [2.05, 4.69) is 11.9 Å². The van der Waals surface area contributed by atoms with E-state index in [1.807, 2.05) is 12.1 Å². The lowest BCUT2D eigenvalue weighted by Gasteiger charge is -2.03. The molecule has 0 saturated heterocycles. The zero-order valence-electron chi connectivity index (χ0n) is 8.00. The first-order chi connectivity index (χ1) is 6.27. The van der Waals surface area contributed by atoms with Crippen LogP contribution in [0.5, 0.6) is 0 Å². The summed E-state index contributed by atoms with van der Waals surface area (Å²) in [6.07, 6.45) is 2.02. The lowest BCUT2D eigenvalue weighted by molar-refractivity contribution is 0.399. The number of hydrogen-bond acceptors (Lipinski definition) is 3. The van der Waals surface area contributed by atoms with Crippen molar-refractivity contribution in [3.05, 3.63) is 29.6 Å². The van der Waals surface area contributed by atoms with Crippen molar-refractivity contribution in [2.45, 2.75) is 19.8 Å². The van der Waals surface area contributed by atoms with Crippen molar-refractivity contribution in [1.82, 2.24) is 4.98 Å². The summed E-state index contributed by atoms with van der Waals surface area (Å²) in [5, 5.41) is 7.42. The molecule has 1 aromatic rings. The number of rotatable bonds is 3. The highest BCUT2D eigenvalue weighted by atomic mass is 16.5. The number of hydrogen-bond donors (Lipinski definition) is 1. The maximum absolute atomic E-state index is 7.42. The fourth-order valence-corrected chi connectivity index (χ4v) is 1.11. The zero-order valence-corrected chi connectivity index (χ0v) is 8.00. The molecule has 0 aliphatic rings. The standard InChI is InChI=1S/C10H14N2O/c1-3-5-8-6-4-7-9(12-8)10(11)13-2/h4,6-7,11H,3,5H2,1-2H3. The van der Waals surface area contributed by atoms with Gasteiger partial charge in [0.2, 0.25) is 5.90 Å². The number of nitrogens with one attached hydrogen (secondary N) is 1. The van der Waals surface area contributed by atoms with Gasteiger partial charge in [0.15, 0.2) is 0 Å². The molecule has 0 amide bonds. The number of nitrogens with zero attached hydrogens (tertiary/aromatic N) is 1. The first-order valence-electron chi connectivity index (χ1n) is 4.36. The normalized spacial score (nSPS) is 9.69. The van der Waals surface area contributed by atoms with Gasteiger partial charge in [-0.15, -0.1) is 0 Å². The third-order valence-corrected chi connectivity index (χ3v) is 1.75. The number of ether oxygens (including phenoxy) is 1. The van der Waals surface area contributed by atoms with Gasteiger partial charge in [0, 0.05) is 5.69 Å². The second-order valence-electron chi connectivity index (χ2n) is 2.80. The molecule has 70 valence electrons. The van der Waals surface area contributed by atoms with Crippen molar-refractivity contribution >= 4 is 5.90 Å². The molecule has 1 N–H and O–H groups in total. The van der Waals surface area contributed by atoms with Crippen LogP contribution in [-0.4, -0.2) is 18.0 Å². The van der Waals surface area contributed by atoms with Crippen molar-refractivity contribution in [2.75, 3.05) is 7.11 Å². The number of aryl methyl sites for hydroxylation is 1. The van der Waals surface area contributed by atoms with Crippen LogP contribution in [0, 0.1) is 5.41 Å². The minimum atomic E-state index is 0.123. The number of methoxy groups -OCH3 is 1.